The van der Waals surface area contributed by atoms with Crippen molar-refractivity contribution in [3.8, 4) is 11.1 Å². The van der Waals surface area contributed by atoms with Crippen molar-refractivity contribution in [2.24, 2.45) is 0 Å². The molecule has 0 bridgehead atoms. The summed E-state index contributed by atoms with van der Waals surface area (Å²) in [6.45, 7) is 5.36. The van der Waals surface area contributed by atoms with Crippen LogP contribution < -0.4 is 10.6 Å². The van der Waals surface area contributed by atoms with Gasteiger partial charge < -0.3 is 10.1 Å². The molecular weight excluding hydrogens is 446 g/mol. The van der Waals surface area contributed by atoms with Crippen molar-refractivity contribution >= 4 is 40.7 Å². The molecule has 0 aliphatic heterocycles. The van der Waals surface area contributed by atoms with Crippen LogP contribution in [-0.4, -0.2) is 22.5 Å². The van der Waals surface area contributed by atoms with E-state index < -0.39 is 22.5 Å². The van der Waals surface area contributed by atoms with E-state index in [1.807, 2.05) is 18.2 Å². The van der Waals surface area contributed by atoms with Crippen LogP contribution >= 0.6 is 11.6 Å². The number of carbonyl (C=O) groups excluding carboxylic acids is 2. The lowest BCUT2D eigenvalue weighted by Gasteiger charge is -2.19. The molecule has 0 radical (unpaired) electrons. The minimum atomic E-state index is -0.593. The van der Waals surface area contributed by atoms with E-state index in [4.69, 9.17) is 16.3 Å². The van der Waals surface area contributed by atoms with E-state index in [1.54, 1.807) is 51.1 Å². The lowest BCUT2D eigenvalue weighted by atomic mass is 10.0. The summed E-state index contributed by atoms with van der Waals surface area (Å²) >= 11 is 6.05. The Morgan fingerprint density at radius 1 is 0.909 bits per heavy atom. The Balaban J connectivity index is 1.74. The third-order valence-electron chi connectivity index (χ3n) is 4.39. The molecule has 0 saturated heterocycles. The molecule has 0 aliphatic carbocycles. The van der Waals surface area contributed by atoms with Gasteiger partial charge in [-0.3, -0.25) is 20.2 Å². The number of benzene rings is 3. The van der Waals surface area contributed by atoms with Gasteiger partial charge >= 0.3 is 6.09 Å². The molecule has 8 nitrogen and oxygen atoms in total. The van der Waals surface area contributed by atoms with Crippen LogP contribution in [0.15, 0.2) is 66.7 Å². The van der Waals surface area contributed by atoms with Crippen molar-refractivity contribution in [2.45, 2.75) is 26.4 Å². The monoisotopic (exact) mass is 467 g/mol. The minimum Gasteiger partial charge on any atom is -0.444 e. The summed E-state index contributed by atoms with van der Waals surface area (Å²) in [5.41, 5.74) is 1.95. The molecule has 3 aromatic rings. The molecule has 170 valence electrons. The zero-order valence-electron chi connectivity index (χ0n) is 18.2. The fraction of sp³-hybridized carbons (Fsp3) is 0.167. The van der Waals surface area contributed by atoms with Crippen molar-refractivity contribution < 1.29 is 19.2 Å². The molecule has 0 saturated carbocycles. The first-order chi connectivity index (χ1) is 15.5. The number of nitrogens with one attached hydrogen (secondary N) is 2. The van der Waals surface area contributed by atoms with E-state index in [1.165, 1.54) is 12.1 Å². The van der Waals surface area contributed by atoms with Crippen LogP contribution in [0.25, 0.3) is 11.1 Å². The average molecular weight is 468 g/mol. The first-order valence-electron chi connectivity index (χ1n) is 9.98. The lowest BCUT2D eigenvalue weighted by molar-refractivity contribution is -0.384. The van der Waals surface area contributed by atoms with Gasteiger partial charge in [-0.15, -0.1) is 0 Å². The Morgan fingerprint density at radius 2 is 1.61 bits per heavy atom. The molecule has 0 heterocycles. The van der Waals surface area contributed by atoms with E-state index in [9.17, 15) is 19.7 Å². The van der Waals surface area contributed by atoms with Crippen LogP contribution in [0.2, 0.25) is 5.02 Å². The standard InChI is InChI=1S/C24H22ClN3O5/c1-24(2,3)33-23(30)27-17-9-7-15(8-10-17)16-5-4-6-18(13-16)26-22(29)20-14-19(28(31)32)11-12-21(20)25/h4-14H,1-3H3,(H,26,29)(H,27,30). The molecule has 0 aliphatic rings. The number of hydrogen-bond donors (Lipinski definition) is 2. The predicted octanol–water partition coefficient (Wildman–Crippen LogP) is 6.51. The summed E-state index contributed by atoms with van der Waals surface area (Å²) in [4.78, 5) is 34.9. The van der Waals surface area contributed by atoms with E-state index in [0.717, 1.165) is 17.2 Å². The van der Waals surface area contributed by atoms with Gasteiger partial charge in [0.1, 0.15) is 5.60 Å². The topological polar surface area (TPSA) is 111 Å². The number of hydrogen-bond acceptors (Lipinski definition) is 5. The molecule has 33 heavy (non-hydrogen) atoms. The zero-order chi connectivity index (χ0) is 24.2. The summed E-state index contributed by atoms with van der Waals surface area (Å²) in [6, 6.07) is 17.9. The van der Waals surface area contributed by atoms with Crippen LogP contribution in [0.1, 0.15) is 31.1 Å². The lowest BCUT2D eigenvalue weighted by Crippen LogP contribution is -2.27. The maximum Gasteiger partial charge on any atom is 0.412 e. The molecule has 3 rings (SSSR count). The normalized spacial score (nSPS) is 10.9. The van der Waals surface area contributed by atoms with Gasteiger partial charge in [-0.05, 0) is 62.2 Å². The van der Waals surface area contributed by atoms with Crippen LogP contribution in [0.3, 0.4) is 0 Å². The van der Waals surface area contributed by atoms with Gasteiger partial charge in [-0.1, -0.05) is 35.9 Å². The summed E-state index contributed by atoms with van der Waals surface area (Å²) < 4.78 is 5.24. The Kier molecular flexibility index (Phi) is 6.98. The molecule has 3 aromatic carbocycles. The fourth-order valence-electron chi connectivity index (χ4n) is 2.94. The van der Waals surface area contributed by atoms with E-state index >= 15 is 0 Å². The summed E-state index contributed by atoms with van der Waals surface area (Å²) in [5.74, 6) is -0.558. The second-order valence-corrected chi connectivity index (χ2v) is 8.57. The van der Waals surface area contributed by atoms with Crippen molar-refractivity contribution in [1.82, 2.24) is 0 Å². The van der Waals surface area contributed by atoms with Crippen LogP contribution in [-0.2, 0) is 4.74 Å². The van der Waals surface area contributed by atoms with Gasteiger partial charge in [-0.2, -0.15) is 0 Å². The molecule has 0 spiro atoms. The number of amides is 2. The number of nitro groups is 1. The van der Waals surface area contributed by atoms with Gasteiger partial charge in [-0.25, -0.2) is 4.79 Å². The fourth-order valence-corrected chi connectivity index (χ4v) is 3.15. The van der Waals surface area contributed by atoms with Gasteiger partial charge in [0.15, 0.2) is 0 Å². The van der Waals surface area contributed by atoms with Crippen LogP contribution in [0, 0.1) is 10.1 Å². The molecule has 0 unspecified atom stereocenters. The molecule has 0 aromatic heterocycles. The van der Waals surface area contributed by atoms with Crippen molar-refractivity contribution in [3.05, 3.63) is 87.4 Å². The number of nitro benzene ring substituents is 1. The molecule has 9 heteroatoms. The van der Waals surface area contributed by atoms with Gasteiger partial charge in [0, 0.05) is 23.5 Å². The van der Waals surface area contributed by atoms with E-state index in [2.05, 4.69) is 10.6 Å². The van der Waals surface area contributed by atoms with Gasteiger partial charge in [0.25, 0.3) is 11.6 Å². The number of anilines is 2. The first-order valence-corrected chi connectivity index (χ1v) is 10.4. The SMILES string of the molecule is CC(C)(C)OC(=O)Nc1ccc(-c2cccc(NC(=O)c3cc([N+](=O)[O-])ccc3Cl)c2)cc1. The summed E-state index contributed by atoms with van der Waals surface area (Å²) in [5, 5.41) is 16.5. The zero-order valence-corrected chi connectivity index (χ0v) is 19.0. The highest BCUT2D eigenvalue weighted by Gasteiger charge is 2.17. The minimum absolute atomic E-state index is 0.00819. The van der Waals surface area contributed by atoms with Crippen molar-refractivity contribution in [2.75, 3.05) is 10.6 Å². The number of halogens is 1. The molecule has 2 amide bonds. The maximum absolute atomic E-state index is 12.6. The Labute approximate surface area is 195 Å². The van der Waals surface area contributed by atoms with Crippen molar-refractivity contribution in [3.63, 3.8) is 0 Å². The summed E-state index contributed by atoms with van der Waals surface area (Å²) in [6.07, 6.45) is -0.542. The number of rotatable bonds is 5. The third kappa shape index (κ3) is 6.54. The highest BCUT2D eigenvalue weighted by atomic mass is 35.5. The van der Waals surface area contributed by atoms with Gasteiger partial charge in [0.2, 0.25) is 0 Å². The number of carbonyl (C=O) groups is 2. The first kappa shape index (κ1) is 23.7. The highest BCUT2D eigenvalue weighted by molar-refractivity contribution is 6.34. The predicted molar refractivity (Wildman–Crippen MR) is 128 cm³/mol. The smallest absolute Gasteiger partial charge is 0.412 e. The largest absolute Gasteiger partial charge is 0.444 e. The molecule has 0 atom stereocenters. The Morgan fingerprint density at radius 3 is 2.24 bits per heavy atom. The van der Waals surface area contributed by atoms with Crippen LogP contribution in [0.5, 0.6) is 0 Å². The highest BCUT2D eigenvalue weighted by Crippen LogP contribution is 2.26. The Hall–Kier alpha value is -3.91. The quantitative estimate of drug-likeness (QED) is 0.328. The molecule has 0 fully saturated rings. The maximum atomic E-state index is 12.6. The average Bonchev–Trinajstić information content (AvgIpc) is 2.73. The second-order valence-electron chi connectivity index (χ2n) is 8.16. The van der Waals surface area contributed by atoms with Crippen LogP contribution in [0.4, 0.5) is 21.9 Å². The molecule has 2 N–H and O–H groups in total. The second kappa shape index (κ2) is 9.70. The third-order valence-corrected chi connectivity index (χ3v) is 4.72. The van der Waals surface area contributed by atoms with Crippen molar-refractivity contribution in [1.29, 1.82) is 0 Å². The number of ether oxygens (including phenoxy) is 1. The number of non-ortho nitro benzene ring substituents is 1. The Bertz CT molecular complexity index is 1200. The van der Waals surface area contributed by atoms with E-state index in [-0.39, 0.29) is 16.3 Å². The van der Waals surface area contributed by atoms with E-state index in [0.29, 0.717) is 11.4 Å². The van der Waals surface area contributed by atoms with Gasteiger partial charge in [0.05, 0.1) is 15.5 Å². The number of nitrogens with zero attached hydrogens (tertiary/aromatic N) is 1. The summed E-state index contributed by atoms with van der Waals surface area (Å²) in [7, 11) is 0. The molecular formula is C24H22ClN3O5.